The Hall–Kier alpha value is -1.34. The zero-order valence-electron chi connectivity index (χ0n) is 12.8. The lowest BCUT2D eigenvalue weighted by atomic mass is 9.64. The van der Waals surface area contributed by atoms with E-state index in [1.165, 1.54) is 36.5 Å². The number of hydrogen-bond acceptors (Lipinski definition) is 1. The van der Waals surface area contributed by atoms with Crippen molar-refractivity contribution in [2.24, 2.45) is 11.8 Å². The number of aliphatic hydroxyl groups is 1. The van der Waals surface area contributed by atoms with Gasteiger partial charge in [-0.3, -0.25) is 0 Å². The Morgan fingerprint density at radius 3 is 2.62 bits per heavy atom. The van der Waals surface area contributed by atoms with Crippen molar-refractivity contribution >= 4 is 10.8 Å². The van der Waals surface area contributed by atoms with Crippen LogP contribution >= 0.6 is 0 Å². The molecular weight excluding hydrogens is 256 g/mol. The maximum absolute atomic E-state index is 10.2. The summed E-state index contributed by atoms with van der Waals surface area (Å²) in [5, 5.41) is 13.0. The molecule has 110 valence electrons. The van der Waals surface area contributed by atoms with Gasteiger partial charge in [0.1, 0.15) is 0 Å². The number of aliphatic hydroxyl groups excluding tert-OH is 1. The zero-order chi connectivity index (χ0) is 14.4. The van der Waals surface area contributed by atoms with Crippen molar-refractivity contribution in [3.63, 3.8) is 0 Å². The summed E-state index contributed by atoms with van der Waals surface area (Å²) in [5.74, 6) is 1.20. The summed E-state index contributed by atoms with van der Waals surface area (Å²) >= 11 is 0. The van der Waals surface area contributed by atoms with Gasteiger partial charge in [-0.2, -0.15) is 0 Å². The van der Waals surface area contributed by atoms with Gasteiger partial charge < -0.3 is 5.11 Å². The molecule has 4 rings (SSSR count). The highest BCUT2D eigenvalue weighted by molar-refractivity contribution is 5.86. The van der Waals surface area contributed by atoms with Crippen LogP contribution in [0.25, 0.3) is 10.8 Å². The lowest BCUT2D eigenvalue weighted by Crippen LogP contribution is -2.36. The summed E-state index contributed by atoms with van der Waals surface area (Å²) < 4.78 is 0. The third-order valence-corrected chi connectivity index (χ3v) is 6.09. The fraction of sp³-hybridized carbons (Fsp3) is 0.500. The molecule has 4 unspecified atom stereocenters. The average molecular weight is 280 g/mol. The van der Waals surface area contributed by atoms with E-state index >= 15 is 0 Å². The maximum atomic E-state index is 10.2. The highest BCUT2D eigenvalue weighted by Crippen LogP contribution is 2.59. The van der Waals surface area contributed by atoms with E-state index in [4.69, 9.17) is 0 Å². The maximum Gasteiger partial charge on any atom is 0.0571 e. The molecule has 1 nitrogen and oxygen atoms in total. The first kappa shape index (κ1) is 13.3. The summed E-state index contributed by atoms with van der Waals surface area (Å²) in [6, 6.07) is 15.6. The predicted molar refractivity (Wildman–Crippen MR) is 87.4 cm³/mol. The molecule has 0 heterocycles. The largest absolute Gasteiger partial charge is 0.393 e. The topological polar surface area (TPSA) is 20.2 Å². The van der Waals surface area contributed by atoms with Crippen molar-refractivity contribution in [3.8, 4) is 0 Å². The van der Waals surface area contributed by atoms with E-state index in [1.807, 2.05) is 0 Å². The van der Waals surface area contributed by atoms with Crippen LogP contribution in [0.3, 0.4) is 0 Å². The van der Waals surface area contributed by atoms with E-state index in [0.717, 1.165) is 6.42 Å². The van der Waals surface area contributed by atoms with Gasteiger partial charge in [-0.25, -0.2) is 0 Å². The zero-order valence-corrected chi connectivity index (χ0v) is 12.8. The first-order valence-corrected chi connectivity index (χ1v) is 8.41. The van der Waals surface area contributed by atoms with E-state index in [2.05, 4.69) is 49.4 Å². The van der Waals surface area contributed by atoms with Crippen LogP contribution < -0.4 is 0 Å². The highest BCUT2D eigenvalue weighted by Gasteiger charge is 2.54. The molecule has 0 aromatic heterocycles. The molecule has 0 saturated heterocycles. The third kappa shape index (κ3) is 1.87. The van der Waals surface area contributed by atoms with Crippen LogP contribution in [0.2, 0.25) is 0 Å². The van der Waals surface area contributed by atoms with E-state index in [-0.39, 0.29) is 6.10 Å². The van der Waals surface area contributed by atoms with Gasteiger partial charge in [-0.05, 0) is 59.3 Å². The van der Waals surface area contributed by atoms with Crippen LogP contribution in [0, 0.1) is 11.8 Å². The first-order valence-electron chi connectivity index (χ1n) is 8.41. The SMILES string of the molecule is CCCC1(c2cccc3ccccc23)CC2CC1CC2O. The molecule has 1 N–H and O–H groups in total. The molecule has 2 aliphatic carbocycles. The standard InChI is InChI=1S/C20H24O/c1-2-10-20(13-15-11-16(20)12-19(15)21)18-9-5-7-14-6-3-4-8-17(14)18/h3-9,15-16,19,21H,2,10-13H2,1H3. The van der Waals surface area contributed by atoms with Crippen molar-refractivity contribution < 1.29 is 5.11 Å². The second-order valence-electron chi connectivity index (χ2n) is 7.13. The molecule has 2 aliphatic rings. The number of hydrogen-bond donors (Lipinski definition) is 1. The molecule has 2 aromatic rings. The lowest BCUT2D eigenvalue weighted by Gasteiger charge is -2.40. The predicted octanol–water partition coefficient (Wildman–Crippen LogP) is 4.67. The van der Waals surface area contributed by atoms with Gasteiger partial charge in [0.05, 0.1) is 6.10 Å². The van der Waals surface area contributed by atoms with Gasteiger partial charge in [0.15, 0.2) is 0 Å². The van der Waals surface area contributed by atoms with Crippen molar-refractivity contribution in [3.05, 3.63) is 48.0 Å². The molecule has 21 heavy (non-hydrogen) atoms. The number of benzene rings is 2. The second-order valence-corrected chi connectivity index (χ2v) is 7.13. The number of fused-ring (bicyclic) bond motifs is 3. The Kier molecular flexibility index (Phi) is 3.08. The van der Waals surface area contributed by atoms with E-state index in [0.29, 0.717) is 17.3 Å². The Bertz CT molecular complexity index is 654. The van der Waals surface area contributed by atoms with Crippen LogP contribution in [0.15, 0.2) is 42.5 Å². The van der Waals surface area contributed by atoms with Crippen molar-refractivity contribution in [2.75, 3.05) is 0 Å². The molecular formula is C20H24O. The van der Waals surface area contributed by atoms with Crippen LogP contribution in [0.1, 0.15) is 44.6 Å². The van der Waals surface area contributed by atoms with E-state index in [9.17, 15) is 5.11 Å². The fourth-order valence-corrected chi connectivity index (χ4v) is 5.28. The minimum Gasteiger partial charge on any atom is -0.393 e. The van der Waals surface area contributed by atoms with Crippen LogP contribution in [0.4, 0.5) is 0 Å². The van der Waals surface area contributed by atoms with Crippen molar-refractivity contribution in [1.82, 2.24) is 0 Å². The smallest absolute Gasteiger partial charge is 0.0571 e. The van der Waals surface area contributed by atoms with Crippen LogP contribution in [0.5, 0.6) is 0 Å². The second kappa shape index (κ2) is 4.84. The lowest BCUT2D eigenvalue weighted by molar-refractivity contribution is 0.0802. The van der Waals surface area contributed by atoms with Gasteiger partial charge in [0.2, 0.25) is 0 Å². The Morgan fingerprint density at radius 2 is 1.90 bits per heavy atom. The molecule has 2 aromatic carbocycles. The molecule has 0 amide bonds. The van der Waals surface area contributed by atoms with Gasteiger partial charge in [0.25, 0.3) is 0 Å². The van der Waals surface area contributed by atoms with E-state index in [1.54, 1.807) is 5.56 Å². The van der Waals surface area contributed by atoms with Crippen LogP contribution in [-0.4, -0.2) is 11.2 Å². The Balaban J connectivity index is 1.88. The number of rotatable bonds is 3. The third-order valence-electron chi connectivity index (χ3n) is 6.09. The molecule has 1 heteroatoms. The highest BCUT2D eigenvalue weighted by atomic mass is 16.3. The summed E-state index contributed by atoms with van der Waals surface area (Å²) in [6.07, 6.45) is 5.85. The van der Waals surface area contributed by atoms with Gasteiger partial charge in [-0.15, -0.1) is 0 Å². The van der Waals surface area contributed by atoms with Gasteiger partial charge >= 0.3 is 0 Å². The van der Waals surface area contributed by atoms with Crippen molar-refractivity contribution in [1.29, 1.82) is 0 Å². The van der Waals surface area contributed by atoms with E-state index < -0.39 is 0 Å². The Morgan fingerprint density at radius 1 is 1.10 bits per heavy atom. The minimum atomic E-state index is -0.0463. The molecule has 0 spiro atoms. The Labute approximate surface area is 127 Å². The summed E-state index contributed by atoms with van der Waals surface area (Å²) in [7, 11) is 0. The quantitative estimate of drug-likeness (QED) is 0.866. The molecule has 4 atom stereocenters. The minimum absolute atomic E-state index is 0.0463. The summed E-state index contributed by atoms with van der Waals surface area (Å²) in [6.45, 7) is 2.30. The fourth-order valence-electron chi connectivity index (χ4n) is 5.28. The average Bonchev–Trinajstić information content (AvgIpc) is 3.04. The molecule has 2 fully saturated rings. The normalized spacial score (nSPS) is 34.7. The monoisotopic (exact) mass is 280 g/mol. The summed E-state index contributed by atoms with van der Waals surface area (Å²) in [4.78, 5) is 0. The van der Waals surface area contributed by atoms with Gasteiger partial charge in [0, 0.05) is 0 Å². The molecule has 0 radical (unpaired) electrons. The van der Waals surface area contributed by atoms with Crippen LogP contribution in [-0.2, 0) is 5.41 Å². The van der Waals surface area contributed by atoms with Crippen molar-refractivity contribution in [2.45, 2.75) is 50.5 Å². The molecule has 0 aliphatic heterocycles. The molecule has 2 bridgehead atoms. The first-order chi connectivity index (χ1) is 10.2. The summed E-state index contributed by atoms with van der Waals surface area (Å²) in [5.41, 5.74) is 1.85. The molecule has 2 saturated carbocycles. The van der Waals surface area contributed by atoms with Gasteiger partial charge in [-0.1, -0.05) is 55.8 Å².